The van der Waals surface area contributed by atoms with Crippen LogP contribution >= 0.6 is 11.3 Å². The number of nitrogens with zero attached hydrogens (tertiary/aromatic N) is 4. The molecule has 3 rings (SSSR count). The Morgan fingerprint density at radius 3 is 2.69 bits per heavy atom. The predicted molar refractivity (Wildman–Crippen MR) is 101 cm³/mol. The molecule has 1 amide bonds. The summed E-state index contributed by atoms with van der Waals surface area (Å²) in [6.45, 7) is 4.74. The highest BCUT2D eigenvalue weighted by molar-refractivity contribution is 7.16. The second kappa shape index (κ2) is 8.27. The van der Waals surface area contributed by atoms with Crippen molar-refractivity contribution in [2.45, 2.75) is 39.0 Å². The third-order valence-electron chi connectivity index (χ3n) is 4.03. The molecular formula is C18H23N5O2S. The van der Waals surface area contributed by atoms with Crippen LogP contribution in [0.1, 0.15) is 42.6 Å². The van der Waals surface area contributed by atoms with Crippen molar-refractivity contribution in [3.8, 4) is 5.75 Å². The molecule has 0 aliphatic rings. The average Bonchev–Trinajstić information content (AvgIpc) is 3.20. The first-order valence-electron chi connectivity index (χ1n) is 8.67. The van der Waals surface area contributed by atoms with E-state index in [-0.39, 0.29) is 11.8 Å². The SMILES string of the molecule is COc1ccc(CCNC(=O)CCc2nn3c(C(C)C)nnc3s2)cc1. The maximum absolute atomic E-state index is 12.0. The molecule has 0 bridgehead atoms. The first-order chi connectivity index (χ1) is 12.6. The molecule has 0 saturated heterocycles. The van der Waals surface area contributed by atoms with Crippen molar-refractivity contribution in [1.29, 1.82) is 0 Å². The molecule has 2 heterocycles. The quantitative estimate of drug-likeness (QED) is 0.656. The number of hydrogen-bond acceptors (Lipinski definition) is 6. The van der Waals surface area contributed by atoms with E-state index in [0.29, 0.717) is 19.4 Å². The van der Waals surface area contributed by atoms with Crippen LogP contribution in [0.2, 0.25) is 0 Å². The maximum atomic E-state index is 12.0. The Balaban J connectivity index is 1.45. The largest absolute Gasteiger partial charge is 0.497 e. The number of fused-ring (bicyclic) bond motifs is 1. The van der Waals surface area contributed by atoms with Crippen molar-refractivity contribution < 1.29 is 9.53 Å². The van der Waals surface area contributed by atoms with E-state index in [1.807, 2.05) is 24.3 Å². The second-order valence-corrected chi connectivity index (χ2v) is 7.39. The Morgan fingerprint density at radius 1 is 1.23 bits per heavy atom. The van der Waals surface area contributed by atoms with Crippen molar-refractivity contribution in [3.05, 3.63) is 40.7 Å². The molecule has 138 valence electrons. The Hall–Kier alpha value is -2.48. The van der Waals surface area contributed by atoms with E-state index < -0.39 is 0 Å². The molecule has 3 aromatic rings. The number of hydrogen-bond donors (Lipinski definition) is 1. The van der Waals surface area contributed by atoms with E-state index in [1.54, 1.807) is 11.6 Å². The van der Waals surface area contributed by atoms with Crippen molar-refractivity contribution in [2.24, 2.45) is 0 Å². The molecular weight excluding hydrogens is 350 g/mol. The molecule has 0 fully saturated rings. The van der Waals surface area contributed by atoms with Crippen molar-refractivity contribution in [1.82, 2.24) is 25.1 Å². The van der Waals surface area contributed by atoms with E-state index in [2.05, 4.69) is 34.5 Å². The number of aryl methyl sites for hydroxylation is 1. The predicted octanol–water partition coefficient (Wildman–Crippen LogP) is 2.61. The van der Waals surface area contributed by atoms with Crippen LogP contribution in [0.4, 0.5) is 0 Å². The third-order valence-corrected chi connectivity index (χ3v) is 4.99. The normalized spacial score (nSPS) is 11.2. The minimum absolute atomic E-state index is 0.0357. The highest BCUT2D eigenvalue weighted by Crippen LogP contribution is 2.19. The summed E-state index contributed by atoms with van der Waals surface area (Å²) in [7, 11) is 1.65. The molecule has 7 nitrogen and oxygen atoms in total. The van der Waals surface area contributed by atoms with Gasteiger partial charge >= 0.3 is 0 Å². The molecule has 8 heteroatoms. The Bertz CT molecular complexity index is 869. The first kappa shape index (κ1) is 18.3. The van der Waals surface area contributed by atoms with Gasteiger partial charge in [-0.25, -0.2) is 0 Å². The van der Waals surface area contributed by atoms with E-state index in [0.717, 1.165) is 28.0 Å². The summed E-state index contributed by atoms with van der Waals surface area (Å²) >= 11 is 1.49. The monoisotopic (exact) mass is 373 g/mol. The van der Waals surface area contributed by atoms with Crippen LogP contribution in [0.5, 0.6) is 5.75 Å². The molecule has 0 atom stereocenters. The van der Waals surface area contributed by atoms with Gasteiger partial charge in [-0.15, -0.1) is 10.2 Å². The van der Waals surface area contributed by atoms with Crippen LogP contribution in [-0.4, -0.2) is 39.4 Å². The highest BCUT2D eigenvalue weighted by atomic mass is 32.1. The lowest BCUT2D eigenvalue weighted by Crippen LogP contribution is -2.25. The fourth-order valence-corrected chi connectivity index (χ4v) is 3.42. The topological polar surface area (TPSA) is 81.4 Å². The van der Waals surface area contributed by atoms with Gasteiger partial charge in [-0.05, 0) is 24.1 Å². The van der Waals surface area contributed by atoms with Crippen molar-refractivity contribution in [3.63, 3.8) is 0 Å². The lowest BCUT2D eigenvalue weighted by atomic mass is 10.1. The number of benzene rings is 1. The molecule has 26 heavy (non-hydrogen) atoms. The van der Waals surface area contributed by atoms with Gasteiger partial charge in [-0.2, -0.15) is 9.61 Å². The molecule has 0 saturated carbocycles. The molecule has 0 unspecified atom stereocenters. The second-order valence-electron chi connectivity index (χ2n) is 6.35. The maximum Gasteiger partial charge on any atom is 0.234 e. The summed E-state index contributed by atoms with van der Waals surface area (Å²) in [5.41, 5.74) is 1.17. The number of aromatic nitrogens is 4. The smallest absolute Gasteiger partial charge is 0.234 e. The number of nitrogens with one attached hydrogen (secondary N) is 1. The zero-order valence-corrected chi connectivity index (χ0v) is 16.0. The minimum atomic E-state index is 0.0357. The zero-order valence-electron chi connectivity index (χ0n) is 15.2. The fraction of sp³-hybridized carbons (Fsp3) is 0.444. The zero-order chi connectivity index (χ0) is 18.5. The Kier molecular flexibility index (Phi) is 5.82. The van der Waals surface area contributed by atoms with E-state index in [1.165, 1.54) is 16.9 Å². The molecule has 0 spiro atoms. The third kappa shape index (κ3) is 4.37. The number of carbonyl (C=O) groups is 1. The average molecular weight is 373 g/mol. The molecule has 1 N–H and O–H groups in total. The van der Waals surface area contributed by atoms with Gasteiger partial charge in [-0.1, -0.05) is 37.3 Å². The van der Waals surface area contributed by atoms with Crippen LogP contribution in [0.25, 0.3) is 4.96 Å². The van der Waals surface area contributed by atoms with Crippen molar-refractivity contribution in [2.75, 3.05) is 13.7 Å². The van der Waals surface area contributed by atoms with E-state index in [9.17, 15) is 4.79 Å². The summed E-state index contributed by atoms with van der Waals surface area (Å²) in [5.74, 6) is 1.99. The minimum Gasteiger partial charge on any atom is -0.497 e. The number of amides is 1. The van der Waals surface area contributed by atoms with Crippen LogP contribution < -0.4 is 10.1 Å². The van der Waals surface area contributed by atoms with Crippen LogP contribution in [0.3, 0.4) is 0 Å². The van der Waals surface area contributed by atoms with Crippen LogP contribution in [0.15, 0.2) is 24.3 Å². The van der Waals surface area contributed by atoms with Crippen molar-refractivity contribution >= 4 is 22.2 Å². The van der Waals surface area contributed by atoms with E-state index >= 15 is 0 Å². The number of methoxy groups -OCH3 is 1. The number of carbonyl (C=O) groups excluding carboxylic acids is 1. The number of ether oxygens (including phenoxy) is 1. The number of rotatable bonds is 8. The molecule has 0 aliphatic carbocycles. The van der Waals surface area contributed by atoms with Gasteiger partial charge in [0.1, 0.15) is 10.8 Å². The van der Waals surface area contributed by atoms with Gasteiger partial charge in [0.2, 0.25) is 10.9 Å². The lowest BCUT2D eigenvalue weighted by Gasteiger charge is -2.05. The van der Waals surface area contributed by atoms with Gasteiger partial charge < -0.3 is 10.1 Å². The van der Waals surface area contributed by atoms with E-state index in [4.69, 9.17) is 4.74 Å². The van der Waals surface area contributed by atoms with Gasteiger partial charge in [0.25, 0.3) is 0 Å². The summed E-state index contributed by atoms with van der Waals surface area (Å²) in [6.07, 6.45) is 1.83. The Labute approximate surface area is 156 Å². The van der Waals surface area contributed by atoms with Crippen LogP contribution in [0, 0.1) is 0 Å². The first-order valence-corrected chi connectivity index (χ1v) is 9.49. The standard InChI is InChI=1S/C18H23N5O2S/c1-12(2)17-20-21-18-23(17)22-16(26-18)9-8-15(24)19-11-10-13-4-6-14(25-3)7-5-13/h4-7,12H,8-11H2,1-3H3,(H,19,24). The van der Waals surface area contributed by atoms with Crippen LogP contribution in [-0.2, 0) is 17.6 Å². The Morgan fingerprint density at radius 2 is 2.00 bits per heavy atom. The lowest BCUT2D eigenvalue weighted by molar-refractivity contribution is -0.121. The molecule has 1 aromatic carbocycles. The van der Waals surface area contributed by atoms with Gasteiger partial charge in [-0.3, -0.25) is 4.79 Å². The molecule has 0 aliphatic heterocycles. The summed E-state index contributed by atoms with van der Waals surface area (Å²) in [6, 6.07) is 7.87. The van der Waals surface area contributed by atoms with Gasteiger partial charge in [0.05, 0.1) is 7.11 Å². The summed E-state index contributed by atoms with van der Waals surface area (Å²) < 4.78 is 6.92. The summed E-state index contributed by atoms with van der Waals surface area (Å²) in [4.78, 5) is 12.8. The fourth-order valence-electron chi connectivity index (χ4n) is 2.58. The molecule has 0 radical (unpaired) electrons. The summed E-state index contributed by atoms with van der Waals surface area (Å²) in [5, 5.41) is 16.7. The van der Waals surface area contributed by atoms with Gasteiger partial charge in [0, 0.05) is 25.3 Å². The van der Waals surface area contributed by atoms with Gasteiger partial charge in [0.15, 0.2) is 5.82 Å². The molecule has 2 aromatic heterocycles. The highest BCUT2D eigenvalue weighted by Gasteiger charge is 2.14.